The van der Waals surface area contributed by atoms with Gasteiger partial charge in [-0.3, -0.25) is 0 Å². The molecule has 152 valence electrons. The minimum Gasteiger partial charge on any atom is -0.473 e. The number of rotatable bonds is 6. The predicted octanol–water partition coefficient (Wildman–Crippen LogP) is 3.17. The highest BCUT2D eigenvalue weighted by molar-refractivity contribution is 6.27. The van der Waals surface area contributed by atoms with Crippen molar-refractivity contribution in [1.29, 1.82) is 0 Å². The normalized spacial score (nSPS) is 15.2. The third-order valence-electron chi connectivity index (χ3n) is 4.64. The molecule has 0 bridgehead atoms. The van der Waals surface area contributed by atoms with Crippen LogP contribution in [0.4, 0.5) is 5.88 Å². The second kappa shape index (κ2) is 11.1. The van der Waals surface area contributed by atoms with Gasteiger partial charge in [0.15, 0.2) is 0 Å². The van der Waals surface area contributed by atoms with E-state index in [0.717, 1.165) is 30.1 Å². The van der Waals surface area contributed by atoms with E-state index in [9.17, 15) is 0 Å². The molecule has 0 spiro atoms. The Morgan fingerprint density at radius 1 is 1.14 bits per heavy atom. The van der Waals surface area contributed by atoms with Crippen molar-refractivity contribution in [3.05, 3.63) is 36.4 Å². The highest BCUT2D eigenvalue weighted by Gasteiger charge is 2.16. The molecule has 1 fully saturated rings. The van der Waals surface area contributed by atoms with Crippen LogP contribution >= 0.6 is 0 Å². The Labute approximate surface area is 164 Å². The molecule has 1 aromatic carbocycles. The minimum atomic E-state index is -1.82. The van der Waals surface area contributed by atoms with Crippen molar-refractivity contribution in [2.45, 2.75) is 38.6 Å². The maximum atomic E-state index is 9.10. The number of anilines is 1. The number of carboxylic acid groups (broad SMARTS) is 2. The molecular weight excluding hydrogens is 362 g/mol. The molecule has 0 radical (unpaired) electrons. The standard InChI is InChI=1S/C18H25N3O.C2H2O4/c1-15(21-12-6-3-7-13-21)10-11-19-18-14-17(20-22-18)16-8-4-2-5-9-16;3-1(4)2(5)6/h2,4-5,8-9,14-15,19H,3,6-7,10-13H2,1H3;(H,3,4)(H,5,6). The zero-order valence-corrected chi connectivity index (χ0v) is 16.0. The number of piperidine rings is 1. The summed E-state index contributed by atoms with van der Waals surface area (Å²) in [7, 11) is 0. The predicted molar refractivity (Wildman–Crippen MR) is 105 cm³/mol. The Morgan fingerprint density at radius 3 is 2.39 bits per heavy atom. The van der Waals surface area contributed by atoms with Gasteiger partial charge in [-0.1, -0.05) is 41.9 Å². The first-order chi connectivity index (χ1) is 13.5. The van der Waals surface area contributed by atoms with Crippen molar-refractivity contribution in [3.8, 4) is 11.3 Å². The van der Waals surface area contributed by atoms with E-state index in [0.29, 0.717) is 6.04 Å². The van der Waals surface area contributed by atoms with E-state index in [-0.39, 0.29) is 0 Å². The maximum absolute atomic E-state index is 9.10. The van der Waals surface area contributed by atoms with Crippen LogP contribution in [0.15, 0.2) is 40.9 Å². The van der Waals surface area contributed by atoms with Crippen molar-refractivity contribution < 1.29 is 24.3 Å². The number of likely N-dealkylation sites (tertiary alicyclic amines) is 1. The Balaban J connectivity index is 0.000000409. The molecule has 3 N–H and O–H groups in total. The Hall–Kier alpha value is -2.87. The van der Waals surface area contributed by atoms with E-state index in [1.54, 1.807) is 0 Å². The second-order valence-corrected chi connectivity index (χ2v) is 6.71. The summed E-state index contributed by atoms with van der Waals surface area (Å²) < 4.78 is 5.37. The van der Waals surface area contributed by atoms with Gasteiger partial charge in [0.05, 0.1) is 0 Å². The van der Waals surface area contributed by atoms with Crippen LogP contribution in [0.3, 0.4) is 0 Å². The third kappa shape index (κ3) is 7.03. The summed E-state index contributed by atoms with van der Waals surface area (Å²) >= 11 is 0. The molecular formula is C20H27N3O5. The van der Waals surface area contributed by atoms with Gasteiger partial charge in [-0.15, -0.1) is 0 Å². The fraction of sp³-hybridized carbons (Fsp3) is 0.450. The molecule has 1 saturated heterocycles. The van der Waals surface area contributed by atoms with E-state index in [1.807, 2.05) is 36.4 Å². The van der Waals surface area contributed by atoms with Gasteiger partial charge in [0, 0.05) is 24.2 Å². The van der Waals surface area contributed by atoms with Crippen LogP contribution in [0, 0.1) is 0 Å². The number of hydrogen-bond acceptors (Lipinski definition) is 6. The highest BCUT2D eigenvalue weighted by Crippen LogP contribution is 2.21. The molecule has 0 saturated carbocycles. The van der Waals surface area contributed by atoms with Gasteiger partial charge in [0.25, 0.3) is 0 Å². The van der Waals surface area contributed by atoms with Gasteiger partial charge in [0.1, 0.15) is 5.69 Å². The van der Waals surface area contributed by atoms with Gasteiger partial charge < -0.3 is 25.0 Å². The molecule has 0 aliphatic carbocycles. The largest absolute Gasteiger partial charge is 0.473 e. The zero-order chi connectivity index (χ0) is 20.4. The second-order valence-electron chi connectivity index (χ2n) is 6.71. The average molecular weight is 389 g/mol. The van der Waals surface area contributed by atoms with Crippen LogP contribution in [0.25, 0.3) is 11.3 Å². The number of carbonyl (C=O) groups is 2. The summed E-state index contributed by atoms with van der Waals surface area (Å²) in [6.07, 6.45) is 5.21. The molecule has 1 unspecified atom stereocenters. The van der Waals surface area contributed by atoms with Crippen LogP contribution in [0.5, 0.6) is 0 Å². The number of carboxylic acids is 2. The van der Waals surface area contributed by atoms with Gasteiger partial charge in [-0.25, -0.2) is 9.59 Å². The molecule has 2 aromatic rings. The lowest BCUT2D eigenvalue weighted by Gasteiger charge is -2.32. The Kier molecular flexibility index (Phi) is 8.48. The number of benzene rings is 1. The highest BCUT2D eigenvalue weighted by atomic mass is 16.5. The average Bonchev–Trinajstić information content (AvgIpc) is 3.18. The number of hydrogen-bond donors (Lipinski definition) is 3. The number of nitrogens with zero attached hydrogens (tertiary/aromatic N) is 2. The molecule has 8 nitrogen and oxygen atoms in total. The first-order valence-electron chi connectivity index (χ1n) is 9.43. The van der Waals surface area contributed by atoms with Gasteiger partial charge in [0.2, 0.25) is 5.88 Å². The molecule has 2 heterocycles. The van der Waals surface area contributed by atoms with Crippen molar-refractivity contribution in [2.75, 3.05) is 25.0 Å². The van der Waals surface area contributed by atoms with Gasteiger partial charge in [-0.05, 0) is 39.3 Å². The number of nitrogens with one attached hydrogen (secondary N) is 1. The molecule has 1 aliphatic heterocycles. The zero-order valence-electron chi connectivity index (χ0n) is 16.0. The fourth-order valence-electron chi connectivity index (χ4n) is 3.05. The van der Waals surface area contributed by atoms with Crippen molar-refractivity contribution in [1.82, 2.24) is 10.1 Å². The summed E-state index contributed by atoms with van der Waals surface area (Å²) in [5.74, 6) is -2.89. The van der Waals surface area contributed by atoms with Crippen LogP contribution in [0.2, 0.25) is 0 Å². The van der Waals surface area contributed by atoms with Crippen molar-refractivity contribution in [2.24, 2.45) is 0 Å². The maximum Gasteiger partial charge on any atom is 0.414 e. The van der Waals surface area contributed by atoms with Crippen LogP contribution in [-0.4, -0.2) is 57.9 Å². The first-order valence-corrected chi connectivity index (χ1v) is 9.43. The lowest BCUT2D eigenvalue weighted by Crippen LogP contribution is -2.38. The summed E-state index contributed by atoms with van der Waals surface area (Å²) in [5, 5.41) is 22.3. The van der Waals surface area contributed by atoms with Crippen molar-refractivity contribution in [3.63, 3.8) is 0 Å². The molecule has 0 amide bonds. The van der Waals surface area contributed by atoms with E-state index in [2.05, 4.69) is 22.3 Å². The van der Waals surface area contributed by atoms with Crippen molar-refractivity contribution >= 4 is 17.8 Å². The first kappa shape index (κ1) is 21.4. The van der Waals surface area contributed by atoms with E-state index >= 15 is 0 Å². The lowest BCUT2D eigenvalue weighted by atomic mass is 10.1. The van der Waals surface area contributed by atoms with Crippen LogP contribution in [0.1, 0.15) is 32.6 Å². The fourth-order valence-corrected chi connectivity index (χ4v) is 3.05. The monoisotopic (exact) mass is 389 g/mol. The van der Waals surface area contributed by atoms with E-state index in [1.165, 1.54) is 32.4 Å². The van der Waals surface area contributed by atoms with Crippen LogP contribution < -0.4 is 5.32 Å². The molecule has 28 heavy (non-hydrogen) atoms. The molecule has 1 atom stereocenters. The third-order valence-corrected chi connectivity index (χ3v) is 4.64. The smallest absolute Gasteiger partial charge is 0.414 e. The van der Waals surface area contributed by atoms with Crippen LogP contribution in [-0.2, 0) is 9.59 Å². The number of aliphatic carboxylic acids is 2. The molecule has 1 aliphatic rings. The topological polar surface area (TPSA) is 116 Å². The number of aromatic nitrogens is 1. The van der Waals surface area contributed by atoms with Gasteiger partial charge >= 0.3 is 11.9 Å². The molecule has 1 aromatic heterocycles. The summed E-state index contributed by atoms with van der Waals surface area (Å²) in [6, 6.07) is 12.7. The van der Waals surface area contributed by atoms with E-state index in [4.69, 9.17) is 24.3 Å². The van der Waals surface area contributed by atoms with E-state index < -0.39 is 11.9 Å². The SMILES string of the molecule is CC(CCNc1cc(-c2ccccc2)no1)N1CCCCC1.O=C(O)C(=O)O. The summed E-state index contributed by atoms with van der Waals surface area (Å²) in [6.45, 7) is 5.74. The van der Waals surface area contributed by atoms with Gasteiger partial charge in [-0.2, -0.15) is 0 Å². The Morgan fingerprint density at radius 2 is 1.79 bits per heavy atom. The Bertz CT molecular complexity index is 729. The summed E-state index contributed by atoms with van der Waals surface area (Å²) in [4.78, 5) is 20.8. The minimum absolute atomic E-state index is 0.629. The quantitative estimate of drug-likeness (QED) is 0.645. The molecule has 3 rings (SSSR count). The molecule has 8 heteroatoms. The lowest BCUT2D eigenvalue weighted by molar-refractivity contribution is -0.159. The summed E-state index contributed by atoms with van der Waals surface area (Å²) in [5.41, 5.74) is 1.97.